The maximum absolute atomic E-state index is 13.0. The number of hydrogen-bond donors (Lipinski definition) is 1. The molecule has 0 radical (unpaired) electrons. The van der Waals surface area contributed by atoms with Crippen LogP contribution in [0.5, 0.6) is 0 Å². The zero-order chi connectivity index (χ0) is 19.4. The predicted octanol–water partition coefficient (Wildman–Crippen LogP) is 3.77. The number of benzene rings is 1. The number of nitrogens with zero attached hydrogens (tertiary/aromatic N) is 1. The third-order valence-electron chi connectivity index (χ3n) is 4.22. The summed E-state index contributed by atoms with van der Waals surface area (Å²) in [5.41, 5.74) is 0.307. The van der Waals surface area contributed by atoms with Gasteiger partial charge < -0.3 is 15.0 Å². The fourth-order valence-electron chi connectivity index (χ4n) is 3.18. The van der Waals surface area contributed by atoms with Crippen LogP contribution in [-0.4, -0.2) is 48.1 Å². The molecule has 0 aliphatic carbocycles. The molecule has 7 heteroatoms. The van der Waals surface area contributed by atoms with Gasteiger partial charge in [0.05, 0.1) is 22.8 Å². The van der Waals surface area contributed by atoms with Crippen LogP contribution in [0.1, 0.15) is 44.5 Å². The number of halogens is 2. The van der Waals surface area contributed by atoms with E-state index in [-0.39, 0.29) is 35.0 Å². The number of rotatable bonds is 5. The van der Waals surface area contributed by atoms with Crippen molar-refractivity contribution in [1.29, 1.82) is 0 Å². The smallest absolute Gasteiger partial charge is 0.253 e. The molecule has 0 unspecified atom stereocenters. The SMILES string of the molecule is CC(C)C[C@H](NC(=O)c1ccc(Cl)cc1Cl)C(=O)N1C[C@@H](C)O[C@@H](C)C1. The number of amides is 2. The second-order valence-electron chi connectivity index (χ2n) is 7.28. The van der Waals surface area contributed by atoms with Gasteiger partial charge in [0.15, 0.2) is 0 Å². The Labute approximate surface area is 165 Å². The van der Waals surface area contributed by atoms with Crippen molar-refractivity contribution in [1.82, 2.24) is 10.2 Å². The summed E-state index contributed by atoms with van der Waals surface area (Å²) >= 11 is 12.0. The minimum absolute atomic E-state index is 0.0242. The highest BCUT2D eigenvalue weighted by Gasteiger charge is 2.32. The number of nitrogens with one attached hydrogen (secondary N) is 1. The van der Waals surface area contributed by atoms with Crippen molar-refractivity contribution in [2.24, 2.45) is 5.92 Å². The lowest BCUT2D eigenvalue weighted by Crippen LogP contribution is -2.55. The highest BCUT2D eigenvalue weighted by molar-refractivity contribution is 6.36. The van der Waals surface area contributed by atoms with Gasteiger partial charge in [0.2, 0.25) is 5.91 Å². The molecule has 2 rings (SSSR count). The Balaban J connectivity index is 2.15. The van der Waals surface area contributed by atoms with E-state index in [1.54, 1.807) is 17.0 Å². The molecule has 1 N–H and O–H groups in total. The fraction of sp³-hybridized carbons (Fsp3) is 0.579. The molecule has 5 nitrogen and oxygen atoms in total. The first kappa shape index (κ1) is 21.0. The Kier molecular flexibility index (Phi) is 7.33. The Morgan fingerprint density at radius 3 is 2.38 bits per heavy atom. The Morgan fingerprint density at radius 2 is 1.85 bits per heavy atom. The van der Waals surface area contributed by atoms with Crippen molar-refractivity contribution >= 4 is 35.0 Å². The standard InChI is InChI=1S/C19H26Cl2N2O3/c1-11(2)7-17(19(25)23-9-12(3)26-13(4)10-23)22-18(24)15-6-5-14(20)8-16(15)21/h5-6,8,11-13,17H,7,9-10H2,1-4H3,(H,22,24)/t12-,13+,17-/m0/s1. The van der Waals surface area contributed by atoms with Gasteiger partial charge in [0, 0.05) is 18.1 Å². The van der Waals surface area contributed by atoms with Crippen molar-refractivity contribution in [3.05, 3.63) is 33.8 Å². The van der Waals surface area contributed by atoms with Crippen molar-refractivity contribution in [2.45, 2.75) is 52.4 Å². The van der Waals surface area contributed by atoms with Crippen LogP contribution < -0.4 is 5.32 Å². The molecule has 144 valence electrons. The van der Waals surface area contributed by atoms with Gasteiger partial charge >= 0.3 is 0 Å². The van der Waals surface area contributed by atoms with Crippen LogP contribution in [0.4, 0.5) is 0 Å². The van der Waals surface area contributed by atoms with Crippen LogP contribution in [0.15, 0.2) is 18.2 Å². The summed E-state index contributed by atoms with van der Waals surface area (Å²) in [6.07, 6.45) is 0.503. The summed E-state index contributed by atoms with van der Waals surface area (Å²) in [5, 5.41) is 3.57. The topological polar surface area (TPSA) is 58.6 Å². The number of hydrogen-bond acceptors (Lipinski definition) is 3. The summed E-state index contributed by atoms with van der Waals surface area (Å²) in [5.74, 6) is -0.208. The minimum atomic E-state index is -0.605. The second kappa shape index (κ2) is 9.07. The molecule has 0 bridgehead atoms. The second-order valence-corrected chi connectivity index (χ2v) is 8.12. The van der Waals surface area contributed by atoms with E-state index in [1.165, 1.54) is 6.07 Å². The van der Waals surface area contributed by atoms with E-state index in [1.807, 2.05) is 27.7 Å². The molecule has 0 spiro atoms. The molecule has 2 amide bonds. The maximum Gasteiger partial charge on any atom is 0.253 e. The van der Waals surface area contributed by atoms with Crippen molar-refractivity contribution in [2.75, 3.05) is 13.1 Å². The summed E-state index contributed by atoms with van der Waals surface area (Å²) in [6.45, 7) is 8.97. The zero-order valence-corrected chi connectivity index (χ0v) is 17.1. The molecule has 1 aromatic rings. The molecule has 1 saturated heterocycles. The summed E-state index contributed by atoms with van der Waals surface area (Å²) < 4.78 is 5.69. The molecule has 1 heterocycles. The third kappa shape index (κ3) is 5.60. The largest absolute Gasteiger partial charge is 0.372 e. The molecule has 1 aliphatic heterocycles. The van der Waals surface area contributed by atoms with E-state index in [0.29, 0.717) is 30.1 Å². The van der Waals surface area contributed by atoms with Gasteiger partial charge in [-0.15, -0.1) is 0 Å². The van der Waals surface area contributed by atoms with Crippen LogP contribution in [0.2, 0.25) is 10.0 Å². The molecule has 3 atom stereocenters. The average molecular weight is 401 g/mol. The lowest BCUT2D eigenvalue weighted by molar-refractivity contribution is -0.145. The van der Waals surface area contributed by atoms with E-state index in [2.05, 4.69) is 5.32 Å². The van der Waals surface area contributed by atoms with Gasteiger partial charge in [-0.05, 0) is 44.4 Å². The molecule has 26 heavy (non-hydrogen) atoms. The molecule has 1 aliphatic rings. The van der Waals surface area contributed by atoms with Gasteiger partial charge in [-0.2, -0.15) is 0 Å². The van der Waals surface area contributed by atoms with Crippen LogP contribution in [0, 0.1) is 5.92 Å². The molecular formula is C19H26Cl2N2O3. The van der Waals surface area contributed by atoms with E-state index >= 15 is 0 Å². The average Bonchev–Trinajstić information content (AvgIpc) is 2.52. The Hall–Kier alpha value is -1.30. The molecule has 1 aromatic carbocycles. The fourth-order valence-corrected chi connectivity index (χ4v) is 3.68. The first-order valence-electron chi connectivity index (χ1n) is 8.87. The third-order valence-corrected chi connectivity index (χ3v) is 4.77. The predicted molar refractivity (Wildman–Crippen MR) is 104 cm³/mol. The lowest BCUT2D eigenvalue weighted by Gasteiger charge is -2.37. The summed E-state index contributed by atoms with van der Waals surface area (Å²) in [6, 6.07) is 4.08. The number of ether oxygens (including phenoxy) is 1. The highest BCUT2D eigenvalue weighted by Crippen LogP contribution is 2.22. The molecule has 0 aromatic heterocycles. The Morgan fingerprint density at radius 1 is 1.23 bits per heavy atom. The van der Waals surface area contributed by atoms with E-state index in [9.17, 15) is 9.59 Å². The lowest BCUT2D eigenvalue weighted by atomic mass is 10.0. The van der Waals surface area contributed by atoms with Gasteiger partial charge in [-0.25, -0.2) is 0 Å². The summed E-state index contributed by atoms with van der Waals surface area (Å²) in [7, 11) is 0. The van der Waals surface area contributed by atoms with Gasteiger partial charge in [-0.3, -0.25) is 9.59 Å². The molecular weight excluding hydrogens is 375 g/mol. The quantitative estimate of drug-likeness (QED) is 0.817. The van der Waals surface area contributed by atoms with Crippen molar-refractivity contribution < 1.29 is 14.3 Å². The monoisotopic (exact) mass is 400 g/mol. The normalized spacial score (nSPS) is 21.6. The van der Waals surface area contributed by atoms with Gasteiger partial charge in [0.25, 0.3) is 5.91 Å². The van der Waals surface area contributed by atoms with E-state index in [0.717, 1.165) is 0 Å². The first-order chi connectivity index (χ1) is 12.2. The van der Waals surface area contributed by atoms with E-state index in [4.69, 9.17) is 27.9 Å². The summed E-state index contributed by atoms with van der Waals surface area (Å²) in [4.78, 5) is 27.5. The van der Waals surface area contributed by atoms with E-state index < -0.39 is 6.04 Å². The zero-order valence-electron chi connectivity index (χ0n) is 15.6. The van der Waals surface area contributed by atoms with Crippen LogP contribution in [0.3, 0.4) is 0 Å². The Bertz CT molecular complexity index is 656. The van der Waals surface area contributed by atoms with Crippen LogP contribution in [0.25, 0.3) is 0 Å². The number of carbonyl (C=O) groups excluding carboxylic acids is 2. The van der Waals surface area contributed by atoms with Gasteiger partial charge in [0.1, 0.15) is 6.04 Å². The molecule has 1 fully saturated rings. The number of carbonyl (C=O) groups is 2. The first-order valence-corrected chi connectivity index (χ1v) is 9.63. The number of morpholine rings is 1. The van der Waals surface area contributed by atoms with Crippen LogP contribution in [-0.2, 0) is 9.53 Å². The highest BCUT2D eigenvalue weighted by atomic mass is 35.5. The van der Waals surface area contributed by atoms with Crippen LogP contribution >= 0.6 is 23.2 Å². The molecule has 0 saturated carbocycles. The van der Waals surface area contributed by atoms with Crippen molar-refractivity contribution in [3.8, 4) is 0 Å². The minimum Gasteiger partial charge on any atom is -0.372 e. The maximum atomic E-state index is 13.0. The van der Waals surface area contributed by atoms with Crippen molar-refractivity contribution in [3.63, 3.8) is 0 Å². The van der Waals surface area contributed by atoms with Gasteiger partial charge in [-0.1, -0.05) is 37.0 Å².